The van der Waals surface area contributed by atoms with Crippen molar-refractivity contribution in [3.8, 4) is 11.5 Å². The number of anilines is 1. The van der Waals surface area contributed by atoms with Crippen molar-refractivity contribution in [3.63, 3.8) is 0 Å². The summed E-state index contributed by atoms with van der Waals surface area (Å²) in [5.74, 6) is -1.31. The summed E-state index contributed by atoms with van der Waals surface area (Å²) in [4.78, 5) is 32.4. The van der Waals surface area contributed by atoms with Crippen molar-refractivity contribution < 1.29 is 52.2 Å². The van der Waals surface area contributed by atoms with E-state index in [4.69, 9.17) is 42.1 Å². The second-order valence-corrected chi connectivity index (χ2v) is 14.7. The number of nitrogens with zero attached hydrogens (tertiary/aromatic N) is 1. The SMILES string of the molecule is O=C(O[C@@H](Cc1c(Cl)c[nH+]cc1Cl)c1ccc(OC(F)F)c(OCC2CC2)c1)c1ccc(NC(C(=O)O[C@H]2CN3CCC2CC3)c2ccccc2F)cc1.[OH-]. The molecule has 3 aromatic carbocycles. The van der Waals surface area contributed by atoms with Gasteiger partial charge in [-0.05, 0) is 98.6 Å². The molecule has 1 saturated carbocycles. The fourth-order valence-corrected chi connectivity index (χ4v) is 7.44. The summed E-state index contributed by atoms with van der Waals surface area (Å²) < 4.78 is 64.2. The highest BCUT2D eigenvalue weighted by Gasteiger charge is 2.38. The highest BCUT2D eigenvalue weighted by molar-refractivity contribution is 6.35. The number of carbonyl (C=O) groups is 2. The first-order valence-electron chi connectivity index (χ1n) is 17.9. The molecule has 3 aliphatic heterocycles. The van der Waals surface area contributed by atoms with Crippen LogP contribution in [0.2, 0.25) is 10.0 Å². The Hall–Kier alpha value is -4.56. The lowest BCUT2D eigenvalue weighted by atomic mass is 9.86. The Kier molecular flexibility index (Phi) is 13.1. The molecule has 2 bridgehead atoms. The van der Waals surface area contributed by atoms with Gasteiger partial charge in [-0.1, -0.05) is 47.5 Å². The van der Waals surface area contributed by atoms with E-state index in [0.29, 0.717) is 45.9 Å². The summed E-state index contributed by atoms with van der Waals surface area (Å²) in [6.45, 7) is -0.125. The van der Waals surface area contributed by atoms with Crippen LogP contribution in [0.25, 0.3) is 0 Å². The van der Waals surface area contributed by atoms with Gasteiger partial charge in [-0.3, -0.25) is 4.90 Å². The molecule has 4 heterocycles. The number of rotatable bonds is 15. The molecular weight excluding hydrogens is 762 g/mol. The molecule has 0 spiro atoms. The smallest absolute Gasteiger partial charge is 0.387 e. The van der Waals surface area contributed by atoms with Gasteiger partial charge < -0.3 is 29.7 Å². The number of hydrogen-bond donors (Lipinski definition) is 1. The van der Waals surface area contributed by atoms with Crippen molar-refractivity contribution in [2.24, 2.45) is 11.8 Å². The Morgan fingerprint density at radius 3 is 2.27 bits per heavy atom. The number of hydrogen-bond acceptors (Lipinski definition) is 9. The van der Waals surface area contributed by atoms with E-state index in [1.807, 2.05) is 0 Å². The number of benzene rings is 3. The third kappa shape index (κ3) is 10.0. The molecule has 3 saturated heterocycles. The van der Waals surface area contributed by atoms with E-state index in [1.54, 1.807) is 36.7 Å². The minimum Gasteiger partial charge on any atom is -0.870 e. The van der Waals surface area contributed by atoms with Gasteiger partial charge in [-0.2, -0.15) is 8.78 Å². The maximum Gasteiger partial charge on any atom is 0.387 e. The molecule has 4 fully saturated rings. The second kappa shape index (κ2) is 17.9. The molecule has 10 nitrogen and oxygen atoms in total. The fourth-order valence-electron chi connectivity index (χ4n) is 6.91. The Labute approximate surface area is 326 Å². The van der Waals surface area contributed by atoms with E-state index in [1.165, 1.54) is 42.5 Å². The number of aromatic nitrogens is 1. The number of piperidine rings is 3. The number of halogens is 5. The van der Waals surface area contributed by atoms with Gasteiger partial charge in [0, 0.05) is 29.8 Å². The molecule has 0 radical (unpaired) electrons. The Balaban J connectivity index is 0.00000514. The first-order valence-corrected chi connectivity index (χ1v) is 18.7. The van der Waals surface area contributed by atoms with Crippen LogP contribution in [-0.4, -0.2) is 61.3 Å². The van der Waals surface area contributed by atoms with Crippen molar-refractivity contribution in [3.05, 3.63) is 117 Å². The molecule has 1 aliphatic carbocycles. The number of fused-ring (bicyclic) bond motifs is 3. The van der Waals surface area contributed by atoms with Crippen LogP contribution in [0.1, 0.15) is 64.9 Å². The minimum atomic E-state index is -3.07. The van der Waals surface area contributed by atoms with Crippen LogP contribution in [0.4, 0.5) is 18.9 Å². The Morgan fingerprint density at radius 2 is 1.64 bits per heavy atom. The van der Waals surface area contributed by atoms with E-state index in [2.05, 4.69) is 15.2 Å². The number of esters is 2. The van der Waals surface area contributed by atoms with Crippen LogP contribution in [0.5, 0.6) is 11.5 Å². The molecule has 4 aromatic rings. The maximum absolute atomic E-state index is 15.1. The average Bonchev–Trinajstić information content (AvgIpc) is 4.00. The largest absolute Gasteiger partial charge is 0.870 e. The van der Waals surface area contributed by atoms with Gasteiger partial charge in [-0.25, -0.2) is 19.0 Å². The van der Waals surface area contributed by atoms with Crippen molar-refractivity contribution in [1.82, 2.24) is 4.90 Å². The van der Waals surface area contributed by atoms with Crippen molar-refractivity contribution >= 4 is 40.8 Å². The van der Waals surface area contributed by atoms with Gasteiger partial charge in [0.15, 0.2) is 29.9 Å². The van der Waals surface area contributed by atoms with Crippen molar-refractivity contribution in [1.29, 1.82) is 0 Å². The molecule has 55 heavy (non-hydrogen) atoms. The Bertz CT molecular complexity index is 1940. The molecular formula is C40H40Cl2F3N3O7. The molecule has 4 aliphatic rings. The zero-order valence-corrected chi connectivity index (χ0v) is 31.1. The van der Waals surface area contributed by atoms with Gasteiger partial charge in [-0.15, -0.1) is 0 Å². The number of ether oxygens (including phenoxy) is 4. The van der Waals surface area contributed by atoms with E-state index < -0.39 is 36.5 Å². The van der Waals surface area contributed by atoms with Crippen LogP contribution < -0.4 is 19.8 Å². The number of aromatic amines is 1. The third-order valence-electron chi connectivity index (χ3n) is 10.1. The molecule has 3 N–H and O–H groups in total. The fraction of sp³-hybridized carbons (Fsp3) is 0.375. The highest BCUT2D eigenvalue weighted by atomic mass is 35.5. The summed E-state index contributed by atoms with van der Waals surface area (Å²) in [5.41, 5.74) is 1.67. The van der Waals surface area contributed by atoms with Gasteiger partial charge in [0.1, 0.15) is 28.1 Å². The van der Waals surface area contributed by atoms with E-state index in [-0.39, 0.29) is 46.5 Å². The number of carbonyl (C=O) groups excluding carboxylic acids is 2. The predicted molar refractivity (Wildman–Crippen MR) is 196 cm³/mol. The highest BCUT2D eigenvalue weighted by Crippen LogP contribution is 2.38. The lowest BCUT2D eigenvalue weighted by Gasteiger charge is -2.44. The standard InChI is InChI=1S/C40H38Cl2F3N3O6.H2O/c41-30-19-46-20-31(42)29(30)18-34(26-9-12-33(54-40(44)45)35(17-26)51-22-23-5-6-23)52-38(49)25-7-10-27(11-8-25)47-37(28-3-1-2-4-32(28)43)39(50)53-36-21-48-15-13-24(36)14-16-48;/h1-4,7-12,17,19-20,23-24,34,36-37,40,47H,5-6,13-16,18,21-22H2;1H2/t34-,36-,37?;/m0./s1. The van der Waals surface area contributed by atoms with E-state index >= 15 is 4.39 Å². The lowest BCUT2D eigenvalue weighted by Crippen LogP contribution is -2.52. The average molecular weight is 803 g/mol. The van der Waals surface area contributed by atoms with Crippen LogP contribution in [0.3, 0.4) is 0 Å². The summed E-state index contributed by atoms with van der Waals surface area (Å²) >= 11 is 13.0. The Morgan fingerprint density at radius 1 is 0.927 bits per heavy atom. The normalized spacial score (nSPS) is 19.9. The second-order valence-electron chi connectivity index (χ2n) is 13.9. The zero-order chi connectivity index (χ0) is 37.8. The van der Waals surface area contributed by atoms with Crippen molar-refractivity contribution in [2.45, 2.75) is 57.0 Å². The first-order chi connectivity index (χ1) is 26.1. The summed E-state index contributed by atoms with van der Waals surface area (Å²) in [6, 6.07) is 15.5. The number of alkyl halides is 2. The molecule has 15 heteroatoms. The third-order valence-corrected chi connectivity index (χ3v) is 10.8. The molecule has 0 amide bonds. The van der Waals surface area contributed by atoms with Gasteiger partial charge in [0.25, 0.3) is 0 Å². The quantitative estimate of drug-likeness (QED) is 0.119. The molecule has 1 unspecified atom stereocenters. The van der Waals surface area contributed by atoms with Crippen molar-refractivity contribution in [2.75, 3.05) is 31.6 Å². The van der Waals surface area contributed by atoms with Crippen LogP contribution in [-0.2, 0) is 20.7 Å². The van der Waals surface area contributed by atoms with E-state index in [0.717, 1.165) is 38.8 Å². The van der Waals surface area contributed by atoms with Gasteiger partial charge >= 0.3 is 18.6 Å². The van der Waals surface area contributed by atoms with Gasteiger partial charge in [0.2, 0.25) is 0 Å². The summed E-state index contributed by atoms with van der Waals surface area (Å²) in [5, 5.41) is 3.71. The molecule has 3 atom stereocenters. The molecule has 8 rings (SSSR count). The minimum absolute atomic E-state index is 0. The van der Waals surface area contributed by atoms with E-state index in [9.17, 15) is 18.4 Å². The summed E-state index contributed by atoms with van der Waals surface area (Å²) in [7, 11) is 0. The summed E-state index contributed by atoms with van der Waals surface area (Å²) in [6.07, 6.45) is 5.73. The topological polar surface area (TPSA) is 130 Å². The molecule has 1 aromatic heterocycles. The van der Waals surface area contributed by atoms with Crippen LogP contribution >= 0.6 is 23.2 Å². The first kappa shape index (κ1) is 40.1. The van der Waals surface area contributed by atoms with Crippen LogP contribution in [0, 0.1) is 17.7 Å². The maximum atomic E-state index is 15.1. The van der Waals surface area contributed by atoms with Gasteiger partial charge in [0.05, 0.1) is 12.2 Å². The zero-order valence-electron chi connectivity index (χ0n) is 29.6. The number of nitrogens with one attached hydrogen (secondary N) is 2. The predicted octanol–water partition coefficient (Wildman–Crippen LogP) is 8.09. The van der Waals surface area contributed by atoms with Crippen LogP contribution in [0.15, 0.2) is 79.1 Å². The molecule has 292 valence electrons. The lowest BCUT2D eigenvalue weighted by molar-refractivity contribution is -0.377. The number of pyridine rings is 1. The monoisotopic (exact) mass is 801 g/mol. The number of H-pyrrole nitrogens is 1.